The highest BCUT2D eigenvalue weighted by Crippen LogP contribution is 2.38. The van der Waals surface area contributed by atoms with Gasteiger partial charge in [-0.05, 0) is 42.3 Å². The summed E-state index contributed by atoms with van der Waals surface area (Å²) in [5.74, 6) is -0.0719. The van der Waals surface area contributed by atoms with Gasteiger partial charge in [0.05, 0.1) is 6.04 Å². The highest BCUT2D eigenvalue weighted by molar-refractivity contribution is 9.10. The molecule has 0 bridgehead atoms. The number of aromatic hydroxyl groups is 1. The average Bonchev–Trinajstić information content (AvgIpc) is 2.60. The third kappa shape index (κ3) is 4.94. The molecule has 0 saturated carbocycles. The first-order chi connectivity index (χ1) is 12.7. The number of hydrogen-bond acceptors (Lipinski definition) is 4. The number of phenols is 1. The Morgan fingerprint density at radius 1 is 1.15 bits per heavy atom. The van der Waals surface area contributed by atoms with Crippen LogP contribution in [0.4, 0.5) is 13.2 Å². The third-order valence-corrected chi connectivity index (χ3v) is 4.99. The number of nitrogens with zero attached hydrogens (tertiary/aromatic N) is 1. The van der Waals surface area contributed by atoms with Gasteiger partial charge in [-0.25, -0.2) is 0 Å². The average molecular weight is 445 g/mol. The molecule has 3 rings (SSSR count). The van der Waals surface area contributed by atoms with Crippen LogP contribution in [-0.4, -0.2) is 42.5 Å². The Morgan fingerprint density at radius 2 is 1.78 bits per heavy atom. The number of ether oxygens (including phenoxy) is 1. The van der Waals surface area contributed by atoms with Gasteiger partial charge in [-0.2, -0.15) is 0 Å². The number of hydrogen-bond donors (Lipinski definition) is 2. The molecule has 1 saturated heterocycles. The summed E-state index contributed by atoms with van der Waals surface area (Å²) in [5.41, 5.74) is 2.24. The number of halogens is 4. The topological polar surface area (TPSA) is 44.7 Å². The van der Waals surface area contributed by atoms with E-state index in [0.717, 1.165) is 41.8 Å². The summed E-state index contributed by atoms with van der Waals surface area (Å²) in [5, 5.41) is 13.9. The molecule has 0 spiro atoms. The molecule has 1 heterocycles. The summed E-state index contributed by atoms with van der Waals surface area (Å²) >= 11 is 3.47. The Balaban J connectivity index is 2.00. The van der Waals surface area contributed by atoms with Crippen molar-refractivity contribution in [2.75, 3.05) is 26.2 Å². The second-order valence-electron chi connectivity index (χ2n) is 6.47. The summed E-state index contributed by atoms with van der Waals surface area (Å²) in [6.07, 6.45) is -4.72. The minimum atomic E-state index is -4.72. The Labute approximate surface area is 164 Å². The molecule has 1 aliphatic heterocycles. The van der Waals surface area contributed by atoms with Crippen LogP contribution < -0.4 is 10.1 Å². The largest absolute Gasteiger partial charge is 0.573 e. The lowest BCUT2D eigenvalue weighted by Crippen LogP contribution is -2.45. The number of benzene rings is 2. The van der Waals surface area contributed by atoms with E-state index in [2.05, 4.69) is 30.9 Å². The van der Waals surface area contributed by atoms with Crippen molar-refractivity contribution in [1.82, 2.24) is 10.2 Å². The zero-order valence-corrected chi connectivity index (χ0v) is 16.3. The van der Waals surface area contributed by atoms with E-state index in [1.54, 1.807) is 12.1 Å². The Kier molecular flexibility index (Phi) is 5.98. The highest BCUT2D eigenvalue weighted by Gasteiger charge is 2.31. The van der Waals surface area contributed by atoms with Crippen LogP contribution >= 0.6 is 15.9 Å². The normalized spacial score (nSPS) is 16.9. The van der Waals surface area contributed by atoms with Crippen molar-refractivity contribution in [3.05, 3.63) is 57.6 Å². The fourth-order valence-electron chi connectivity index (χ4n) is 3.35. The Bertz CT molecular complexity index is 791. The molecular weight excluding hydrogens is 425 g/mol. The minimum absolute atomic E-state index is 0.192. The summed E-state index contributed by atoms with van der Waals surface area (Å²) in [7, 11) is 0. The van der Waals surface area contributed by atoms with Crippen molar-refractivity contribution < 1.29 is 23.0 Å². The quantitative estimate of drug-likeness (QED) is 0.735. The number of nitrogens with one attached hydrogen (secondary N) is 1. The van der Waals surface area contributed by atoms with Gasteiger partial charge in [0.2, 0.25) is 0 Å². The molecule has 0 aromatic heterocycles. The molecule has 0 amide bonds. The second kappa shape index (κ2) is 8.08. The van der Waals surface area contributed by atoms with Gasteiger partial charge in [0, 0.05) is 36.2 Å². The first kappa shape index (κ1) is 20.0. The number of phenolic OH excluding ortho intramolecular Hbond substituents is 1. The van der Waals surface area contributed by atoms with E-state index in [1.807, 2.05) is 19.1 Å². The molecule has 2 N–H and O–H groups in total. The minimum Gasteiger partial charge on any atom is -0.507 e. The summed E-state index contributed by atoms with van der Waals surface area (Å²) in [4.78, 5) is 2.21. The van der Waals surface area contributed by atoms with Crippen molar-refractivity contribution >= 4 is 15.9 Å². The van der Waals surface area contributed by atoms with Crippen molar-refractivity contribution in [1.29, 1.82) is 0 Å². The fourth-order valence-corrected chi connectivity index (χ4v) is 3.94. The van der Waals surface area contributed by atoms with Crippen LogP contribution in [0.1, 0.15) is 22.7 Å². The summed E-state index contributed by atoms with van der Waals surface area (Å²) in [6, 6.07) is 9.25. The van der Waals surface area contributed by atoms with Crippen LogP contribution in [0.3, 0.4) is 0 Å². The van der Waals surface area contributed by atoms with Crippen molar-refractivity contribution in [2.45, 2.75) is 19.3 Å². The molecule has 2 aromatic carbocycles. The predicted octanol–water partition coefficient (Wildman–Crippen LogP) is 4.36. The maximum absolute atomic E-state index is 12.4. The van der Waals surface area contributed by atoms with Gasteiger partial charge in [0.1, 0.15) is 11.5 Å². The Hall–Kier alpha value is -1.77. The van der Waals surface area contributed by atoms with Crippen LogP contribution in [0.5, 0.6) is 11.5 Å². The lowest BCUT2D eigenvalue weighted by atomic mass is 9.94. The number of aryl methyl sites for hydroxylation is 1. The fraction of sp³-hybridized carbons (Fsp3) is 0.368. The summed E-state index contributed by atoms with van der Waals surface area (Å²) in [6.45, 7) is 4.95. The zero-order valence-electron chi connectivity index (χ0n) is 14.7. The first-order valence-electron chi connectivity index (χ1n) is 8.54. The lowest BCUT2D eigenvalue weighted by molar-refractivity contribution is -0.274. The van der Waals surface area contributed by atoms with Crippen LogP contribution in [0.15, 0.2) is 40.9 Å². The molecule has 27 heavy (non-hydrogen) atoms. The van der Waals surface area contributed by atoms with E-state index in [0.29, 0.717) is 5.56 Å². The van der Waals surface area contributed by atoms with Gasteiger partial charge < -0.3 is 15.2 Å². The lowest BCUT2D eigenvalue weighted by Gasteiger charge is -2.36. The highest BCUT2D eigenvalue weighted by atomic mass is 79.9. The van der Waals surface area contributed by atoms with Crippen molar-refractivity contribution in [3.8, 4) is 11.5 Å². The maximum atomic E-state index is 12.4. The molecule has 8 heteroatoms. The number of rotatable bonds is 4. The van der Waals surface area contributed by atoms with E-state index in [9.17, 15) is 18.3 Å². The van der Waals surface area contributed by atoms with E-state index < -0.39 is 6.36 Å². The monoisotopic (exact) mass is 444 g/mol. The van der Waals surface area contributed by atoms with Gasteiger partial charge >= 0.3 is 6.36 Å². The van der Waals surface area contributed by atoms with E-state index in [1.165, 1.54) is 12.1 Å². The van der Waals surface area contributed by atoms with Gasteiger partial charge in [0.15, 0.2) is 0 Å². The molecule has 0 unspecified atom stereocenters. The molecule has 2 aromatic rings. The smallest absolute Gasteiger partial charge is 0.507 e. The molecule has 1 aliphatic rings. The molecule has 0 aliphatic carbocycles. The van der Waals surface area contributed by atoms with E-state index in [4.69, 9.17) is 0 Å². The van der Waals surface area contributed by atoms with Crippen LogP contribution in [0.25, 0.3) is 0 Å². The Morgan fingerprint density at radius 3 is 2.37 bits per heavy atom. The standard InChI is InChI=1S/C19H20BrF3N2O2/c1-12-10-14(20)11-16(18(12)26)17(25-8-6-24-7-9-25)13-2-4-15(5-3-13)27-19(21,22)23/h2-5,10-11,17,24,26H,6-9H2,1H3/t17-/m0/s1. The van der Waals surface area contributed by atoms with E-state index in [-0.39, 0.29) is 17.5 Å². The van der Waals surface area contributed by atoms with Crippen LogP contribution in [-0.2, 0) is 0 Å². The van der Waals surface area contributed by atoms with Gasteiger partial charge in [-0.15, -0.1) is 13.2 Å². The molecule has 0 radical (unpaired) electrons. The number of alkyl halides is 3. The molecule has 4 nitrogen and oxygen atoms in total. The maximum Gasteiger partial charge on any atom is 0.573 e. The molecule has 1 atom stereocenters. The van der Waals surface area contributed by atoms with Crippen LogP contribution in [0, 0.1) is 6.92 Å². The number of piperazine rings is 1. The second-order valence-corrected chi connectivity index (χ2v) is 7.38. The molecule has 1 fully saturated rings. The van der Waals surface area contributed by atoms with Crippen molar-refractivity contribution in [3.63, 3.8) is 0 Å². The zero-order chi connectivity index (χ0) is 19.6. The molecule has 146 valence electrons. The van der Waals surface area contributed by atoms with Gasteiger partial charge in [-0.1, -0.05) is 28.1 Å². The third-order valence-electron chi connectivity index (χ3n) is 4.54. The summed E-state index contributed by atoms with van der Waals surface area (Å²) < 4.78 is 42.1. The van der Waals surface area contributed by atoms with Gasteiger partial charge in [-0.3, -0.25) is 4.90 Å². The molecular formula is C19H20BrF3N2O2. The first-order valence-corrected chi connectivity index (χ1v) is 9.33. The van der Waals surface area contributed by atoms with Crippen molar-refractivity contribution in [2.24, 2.45) is 0 Å². The van der Waals surface area contributed by atoms with Gasteiger partial charge in [0.25, 0.3) is 0 Å². The van der Waals surface area contributed by atoms with Crippen LogP contribution in [0.2, 0.25) is 0 Å². The predicted molar refractivity (Wildman–Crippen MR) is 100.0 cm³/mol. The van der Waals surface area contributed by atoms with E-state index >= 15 is 0 Å². The SMILES string of the molecule is Cc1cc(Br)cc([C@H](c2ccc(OC(F)(F)F)cc2)N2CCNCC2)c1O.